The molecule has 0 spiro atoms. The van der Waals surface area contributed by atoms with Gasteiger partial charge in [0.2, 0.25) is 0 Å². The highest BCUT2D eigenvalue weighted by atomic mass is 35.5. The summed E-state index contributed by atoms with van der Waals surface area (Å²) >= 11 is 10.9. The minimum atomic E-state index is -0.0540. The summed E-state index contributed by atoms with van der Waals surface area (Å²) in [6.45, 7) is 3.14. The van der Waals surface area contributed by atoms with Gasteiger partial charge in [0.1, 0.15) is 0 Å². The van der Waals surface area contributed by atoms with E-state index >= 15 is 0 Å². The van der Waals surface area contributed by atoms with Crippen LogP contribution < -0.4 is 0 Å². The molecular weight excluding hydrogens is 195 g/mol. The van der Waals surface area contributed by atoms with Crippen molar-refractivity contribution < 1.29 is 4.79 Å². The Bertz CT molecular complexity index is 245. The van der Waals surface area contributed by atoms with Gasteiger partial charge in [-0.2, -0.15) is 0 Å². The molecule has 1 nitrogen and oxygen atoms in total. The standard InChI is InChI=1S/C9H10Cl2O/c1-7(11)9(8(2)12)5-3-4-6-10/h3-6H,1-2H3/b5-3-,6-4+,9-7-. The molecule has 0 aromatic carbocycles. The normalized spacial score (nSPS) is 14.0. The second kappa shape index (κ2) is 6.04. The number of allylic oxidation sites excluding steroid dienone is 5. The van der Waals surface area contributed by atoms with Gasteiger partial charge in [-0.25, -0.2) is 0 Å². The van der Waals surface area contributed by atoms with E-state index in [0.29, 0.717) is 10.6 Å². The number of halogens is 2. The summed E-state index contributed by atoms with van der Waals surface area (Å²) in [5, 5.41) is 0.488. The van der Waals surface area contributed by atoms with Gasteiger partial charge in [-0.05, 0) is 13.8 Å². The molecule has 0 aromatic rings. The summed E-state index contributed by atoms with van der Waals surface area (Å²) in [6.07, 6.45) is 4.91. The third-order valence-corrected chi connectivity index (χ3v) is 1.55. The summed E-state index contributed by atoms with van der Waals surface area (Å²) < 4.78 is 0. The molecule has 12 heavy (non-hydrogen) atoms. The fourth-order valence-corrected chi connectivity index (χ4v) is 0.949. The van der Waals surface area contributed by atoms with Crippen molar-refractivity contribution in [2.75, 3.05) is 0 Å². The predicted octanol–water partition coefficient (Wildman–Crippen LogP) is 3.40. The van der Waals surface area contributed by atoms with E-state index in [9.17, 15) is 4.79 Å². The number of Topliss-reactive ketones (excluding diaryl/α,β-unsaturated/α-hetero) is 1. The smallest absolute Gasteiger partial charge is 0.160 e. The van der Waals surface area contributed by atoms with Gasteiger partial charge in [0.05, 0.1) is 0 Å². The maximum absolute atomic E-state index is 10.9. The van der Waals surface area contributed by atoms with Crippen molar-refractivity contribution in [1.29, 1.82) is 0 Å². The van der Waals surface area contributed by atoms with Crippen molar-refractivity contribution in [3.05, 3.63) is 34.4 Å². The Morgan fingerprint density at radius 2 is 1.83 bits per heavy atom. The Kier molecular flexibility index (Phi) is 5.77. The quantitative estimate of drug-likeness (QED) is 0.509. The zero-order chi connectivity index (χ0) is 9.56. The monoisotopic (exact) mass is 204 g/mol. The van der Waals surface area contributed by atoms with Crippen LogP contribution in [0.25, 0.3) is 0 Å². The van der Waals surface area contributed by atoms with E-state index in [-0.39, 0.29) is 5.78 Å². The lowest BCUT2D eigenvalue weighted by molar-refractivity contribution is -0.113. The lowest BCUT2D eigenvalue weighted by Gasteiger charge is -1.95. The van der Waals surface area contributed by atoms with Crippen LogP contribution in [0.1, 0.15) is 13.8 Å². The molecule has 0 aliphatic rings. The number of rotatable bonds is 3. The maximum Gasteiger partial charge on any atom is 0.160 e. The first-order chi connectivity index (χ1) is 5.59. The van der Waals surface area contributed by atoms with Gasteiger partial charge >= 0.3 is 0 Å². The van der Waals surface area contributed by atoms with Gasteiger partial charge in [0, 0.05) is 16.1 Å². The molecule has 0 bridgehead atoms. The van der Waals surface area contributed by atoms with E-state index in [2.05, 4.69) is 0 Å². The molecule has 0 rings (SSSR count). The van der Waals surface area contributed by atoms with Crippen molar-refractivity contribution in [1.82, 2.24) is 0 Å². The molecule has 0 aromatic heterocycles. The molecule has 0 aliphatic heterocycles. The minimum Gasteiger partial charge on any atom is -0.294 e. The van der Waals surface area contributed by atoms with Crippen LogP contribution in [0.15, 0.2) is 34.4 Å². The topological polar surface area (TPSA) is 17.1 Å². The van der Waals surface area contributed by atoms with E-state index in [1.165, 1.54) is 12.5 Å². The van der Waals surface area contributed by atoms with E-state index in [1.54, 1.807) is 25.2 Å². The fraction of sp³-hybridized carbons (Fsp3) is 0.222. The molecule has 0 fully saturated rings. The third kappa shape index (κ3) is 4.37. The molecule has 0 saturated heterocycles. The lowest BCUT2D eigenvalue weighted by atomic mass is 10.1. The molecule has 0 N–H and O–H groups in total. The molecule has 66 valence electrons. The molecule has 3 heteroatoms. The van der Waals surface area contributed by atoms with E-state index in [4.69, 9.17) is 23.2 Å². The molecule has 0 unspecified atom stereocenters. The number of hydrogen-bond donors (Lipinski definition) is 0. The van der Waals surface area contributed by atoms with Gasteiger partial charge in [-0.15, -0.1) is 0 Å². The van der Waals surface area contributed by atoms with Crippen LogP contribution in [0.4, 0.5) is 0 Å². The Labute approximate surface area is 82.4 Å². The maximum atomic E-state index is 10.9. The molecule has 0 amide bonds. The van der Waals surface area contributed by atoms with Crippen LogP contribution in [0.3, 0.4) is 0 Å². The molecule has 0 heterocycles. The number of hydrogen-bond acceptors (Lipinski definition) is 1. The van der Waals surface area contributed by atoms with Crippen molar-refractivity contribution in [3.8, 4) is 0 Å². The summed E-state index contributed by atoms with van der Waals surface area (Å²) in [5.74, 6) is -0.0540. The highest BCUT2D eigenvalue weighted by Gasteiger charge is 2.01. The van der Waals surface area contributed by atoms with E-state index < -0.39 is 0 Å². The molecular formula is C9H10Cl2O. The van der Waals surface area contributed by atoms with E-state index in [0.717, 1.165) is 0 Å². The van der Waals surface area contributed by atoms with Crippen molar-refractivity contribution >= 4 is 29.0 Å². The van der Waals surface area contributed by atoms with Gasteiger partial charge in [-0.1, -0.05) is 41.4 Å². The van der Waals surface area contributed by atoms with Crippen molar-refractivity contribution in [3.63, 3.8) is 0 Å². The van der Waals surface area contributed by atoms with Gasteiger partial charge < -0.3 is 0 Å². The second-order valence-corrected chi connectivity index (χ2v) is 3.00. The zero-order valence-electron chi connectivity index (χ0n) is 6.97. The van der Waals surface area contributed by atoms with Gasteiger partial charge in [0.25, 0.3) is 0 Å². The SMILES string of the molecule is CC(=O)C(/C=C\C=C\Cl)=C(/C)Cl. The molecule has 0 saturated carbocycles. The minimum absolute atomic E-state index is 0.0540. The van der Waals surface area contributed by atoms with Gasteiger partial charge in [0.15, 0.2) is 5.78 Å². The summed E-state index contributed by atoms with van der Waals surface area (Å²) in [7, 11) is 0. The zero-order valence-corrected chi connectivity index (χ0v) is 8.49. The largest absolute Gasteiger partial charge is 0.294 e. The van der Waals surface area contributed by atoms with Crippen LogP contribution in [0, 0.1) is 0 Å². The highest BCUT2D eigenvalue weighted by Crippen LogP contribution is 2.10. The summed E-state index contributed by atoms with van der Waals surface area (Å²) in [5.41, 5.74) is 1.86. The van der Waals surface area contributed by atoms with Crippen LogP contribution >= 0.6 is 23.2 Å². The third-order valence-electron chi connectivity index (χ3n) is 1.20. The van der Waals surface area contributed by atoms with Crippen molar-refractivity contribution in [2.24, 2.45) is 0 Å². The van der Waals surface area contributed by atoms with Crippen LogP contribution in [0.5, 0.6) is 0 Å². The molecule has 0 radical (unpaired) electrons. The average molecular weight is 205 g/mol. The van der Waals surface area contributed by atoms with Crippen LogP contribution in [-0.2, 0) is 4.79 Å². The van der Waals surface area contributed by atoms with Crippen molar-refractivity contribution in [2.45, 2.75) is 13.8 Å². The van der Waals surface area contributed by atoms with Crippen LogP contribution in [0.2, 0.25) is 0 Å². The van der Waals surface area contributed by atoms with Gasteiger partial charge in [-0.3, -0.25) is 4.79 Å². The average Bonchev–Trinajstić information content (AvgIpc) is 1.96. The Morgan fingerprint density at radius 1 is 1.25 bits per heavy atom. The Hall–Kier alpha value is -0.530. The number of carbonyl (C=O) groups is 1. The first kappa shape index (κ1) is 11.5. The lowest BCUT2D eigenvalue weighted by Crippen LogP contribution is -1.93. The predicted molar refractivity (Wildman–Crippen MR) is 53.4 cm³/mol. The summed E-state index contributed by atoms with van der Waals surface area (Å²) in [4.78, 5) is 10.9. The first-order valence-electron chi connectivity index (χ1n) is 3.40. The highest BCUT2D eigenvalue weighted by molar-refractivity contribution is 6.32. The van der Waals surface area contributed by atoms with Crippen LogP contribution in [-0.4, -0.2) is 5.78 Å². The number of ketones is 1. The van der Waals surface area contributed by atoms with E-state index in [1.807, 2.05) is 0 Å². The molecule has 0 atom stereocenters. The number of carbonyl (C=O) groups excluding carboxylic acids is 1. The second-order valence-electron chi connectivity index (χ2n) is 2.18. The Balaban J connectivity index is 4.58. The first-order valence-corrected chi connectivity index (χ1v) is 4.21. The summed E-state index contributed by atoms with van der Waals surface area (Å²) in [6, 6.07) is 0. The Morgan fingerprint density at radius 3 is 2.17 bits per heavy atom. The molecule has 0 aliphatic carbocycles. The fourth-order valence-electron chi connectivity index (χ4n) is 0.669.